The fourth-order valence-electron chi connectivity index (χ4n) is 4.20. The molecule has 0 amide bonds. The van der Waals surface area contributed by atoms with Crippen LogP contribution in [0.15, 0.2) is 54.9 Å². The van der Waals surface area contributed by atoms with Gasteiger partial charge < -0.3 is 14.8 Å². The number of halogens is 2. The topological polar surface area (TPSA) is 46.0 Å². The van der Waals surface area contributed by atoms with Gasteiger partial charge in [0.25, 0.3) is 0 Å². The average molecular weight is 438 g/mol. The zero-order chi connectivity index (χ0) is 20.7. The molecule has 1 aliphatic rings. The normalized spacial score (nSPS) is 14.4. The van der Waals surface area contributed by atoms with Crippen LogP contribution < -0.4 is 10.2 Å². The molecule has 5 nitrogen and oxygen atoms in total. The van der Waals surface area contributed by atoms with Crippen LogP contribution in [-0.4, -0.2) is 40.7 Å². The Bertz CT molecular complexity index is 1190. The van der Waals surface area contributed by atoms with E-state index in [9.17, 15) is 0 Å². The highest BCUT2D eigenvalue weighted by Gasteiger charge is 2.22. The Balaban J connectivity index is 1.68. The number of hydrogen-bond acceptors (Lipinski definition) is 4. The number of hydrogen-bond donors (Lipinski definition) is 1. The molecule has 152 valence electrons. The summed E-state index contributed by atoms with van der Waals surface area (Å²) in [6, 6.07) is 14.3. The number of pyridine rings is 2. The van der Waals surface area contributed by atoms with Gasteiger partial charge in [0.05, 0.1) is 10.7 Å². The summed E-state index contributed by atoms with van der Waals surface area (Å²) in [5.74, 6) is 0. The second-order valence-electron chi connectivity index (χ2n) is 7.43. The number of rotatable bonds is 3. The first-order valence-electron chi connectivity index (χ1n) is 9.94. The molecule has 4 heterocycles. The molecular formula is C23H21Cl2N5. The summed E-state index contributed by atoms with van der Waals surface area (Å²) in [5.41, 5.74) is 6.22. The standard InChI is InChI=1S/C23H21Cl2N5/c1-29-22(15-2-5-17(6-3-15)30-12-10-26-11-13-30)20(16-4-7-19(25)28-14-16)21-18(24)8-9-27-23(21)29/h2-9,14,26H,10-13H2,1H3. The SMILES string of the molecule is Cn1c(-c2ccc(N3CCNCC3)cc2)c(-c2ccc(Cl)nc2)c2c(Cl)ccnc21. The predicted octanol–water partition coefficient (Wildman–Crippen LogP) is 5.02. The zero-order valence-electron chi connectivity index (χ0n) is 16.6. The van der Waals surface area contributed by atoms with Crippen molar-refractivity contribution in [2.45, 2.75) is 0 Å². The van der Waals surface area contributed by atoms with Gasteiger partial charge in [0.15, 0.2) is 0 Å². The highest BCUT2D eigenvalue weighted by Crippen LogP contribution is 2.42. The summed E-state index contributed by atoms with van der Waals surface area (Å²) in [6.45, 7) is 4.08. The summed E-state index contributed by atoms with van der Waals surface area (Å²) < 4.78 is 2.10. The molecule has 4 aromatic rings. The van der Waals surface area contributed by atoms with Crippen LogP contribution in [0.1, 0.15) is 0 Å². The fourth-order valence-corrected chi connectivity index (χ4v) is 4.55. The summed E-state index contributed by atoms with van der Waals surface area (Å²) in [7, 11) is 2.03. The van der Waals surface area contributed by atoms with E-state index in [1.807, 2.05) is 19.2 Å². The molecule has 3 aromatic heterocycles. The lowest BCUT2D eigenvalue weighted by atomic mass is 10.00. The van der Waals surface area contributed by atoms with E-state index in [1.165, 1.54) is 5.69 Å². The van der Waals surface area contributed by atoms with Crippen molar-refractivity contribution in [3.8, 4) is 22.4 Å². The molecule has 1 aromatic carbocycles. The Labute approximate surface area is 185 Å². The lowest BCUT2D eigenvalue weighted by Gasteiger charge is -2.29. The Morgan fingerprint density at radius 2 is 1.63 bits per heavy atom. The molecule has 0 spiro atoms. The molecular weight excluding hydrogens is 417 g/mol. The molecule has 0 unspecified atom stereocenters. The zero-order valence-corrected chi connectivity index (χ0v) is 18.1. The van der Waals surface area contributed by atoms with E-state index in [-0.39, 0.29) is 0 Å². The van der Waals surface area contributed by atoms with E-state index in [2.05, 4.69) is 49.0 Å². The van der Waals surface area contributed by atoms with Gasteiger partial charge in [0.1, 0.15) is 10.8 Å². The molecule has 1 N–H and O–H groups in total. The Kier molecular flexibility index (Phi) is 5.11. The summed E-state index contributed by atoms with van der Waals surface area (Å²) in [5, 5.41) is 5.46. The van der Waals surface area contributed by atoms with E-state index in [0.29, 0.717) is 10.2 Å². The van der Waals surface area contributed by atoms with Gasteiger partial charge in [-0.25, -0.2) is 9.97 Å². The molecule has 30 heavy (non-hydrogen) atoms. The van der Waals surface area contributed by atoms with Crippen molar-refractivity contribution in [2.24, 2.45) is 7.05 Å². The van der Waals surface area contributed by atoms with Crippen molar-refractivity contribution in [3.63, 3.8) is 0 Å². The van der Waals surface area contributed by atoms with Gasteiger partial charge in [-0.3, -0.25) is 0 Å². The van der Waals surface area contributed by atoms with Gasteiger partial charge >= 0.3 is 0 Å². The number of nitrogens with zero attached hydrogens (tertiary/aromatic N) is 4. The largest absolute Gasteiger partial charge is 0.369 e. The number of anilines is 1. The molecule has 1 fully saturated rings. The van der Waals surface area contributed by atoms with Gasteiger partial charge in [-0.2, -0.15) is 0 Å². The molecule has 7 heteroatoms. The predicted molar refractivity (Wildman–Crippen MR) is 124 cm³/mol. The van der Waals surface area contributed by atoms with Crippen LogP contribution in [0.5, 0.6) is 0 Å². The lowest BCUT2D eigenvalue weighted by molar-refractivity contribution is 0.589. The number of benzene rings is 1. The van der Waals surface area contributed by atoms with E-state index < -0.39 is 0 Å². The first-order valence-corrected chi connectivity index (χ1v) is 10.7. The molecule has 0 bridgehead atoms. The smallest absolute Gasteiger partial charge is 0.142 e. The third-order valence-electron chi connectivity index (χ3n) is 5.66. The van der Waals surface area contributed by atoms with E-state index in [4.69, 9.17) is 23.2 Å². The maximum Gasteiger partial charge on any atom is 0.142 e. The first-order chi connectivity index (χ1) is 14.6. The quantitative estimate of drug-likeness (QED) is 0.457. The van der Waals surface area contributed by atoms with Crippen molar-refractivity contribution in [3.05, 3.63) is 65.0 Å². The second kappa shape index (κ2) is 7.91. The summed E-state index contributed by atoms with van der Waals surface area (Å²) >= 11 is 12.7. The van der Waals surface area contributed by atoms with Gasteiger partial charge in [0.2, 0.25) is 0 Å². The van der Waals surface area contributed by atoms with Crippen LogP contribution >= 0.6 is 23.2 Å². The maximum absolute atomic E-state index is 6.63. The number of fused-ring (bicyclic) bond motifs is 1. The highest BCUT2D eigenvalue weighted by molar-refractivity contribution is 6.37. The third kappa shape index (κ3) is 3.33. The van der Waals surface area contributed by atoms with Crippen LogP contribution in [0.2, 0.25) is 10.2 Å². The number of piperazine rings is 1. The van der Waals surface area contributed by atoms with Crippen LogP contribution in [0, 0.1) is 0 Å². The van der Waals surface area contributed by atoms with Crippen molar-refractivity contribution >= 4 is 39.9 Å². The van der Waals surface area contributed by atoms with Gasteiger partial charge in [-0.05, 0) is 35.9 Å². The van der Waals surface area contributed by atoms with Gasteiger partial charge in [-0.1, -0.05) is 35.3 Å². The molecule has 1 saturated heterocycles. The fraction of sp³-hybridized carbons (Fsp3) is 0.217. The second-order valence-corrected chi connectivity index (χ2v) is 8.22. The number of nitrogens with one attached hydrogen (secondary N) is 1. The lowest BCUT2D eigenvalue weighted by Crippen LogP contribution is -2.43. The van der Waals surface area contributed by atoms with E-state index in [0.717, 1.165) is 59.6 Å². The minimum Gasteiger partial charge on any atom is -0.369 e. The van der Waals surface area contributed by atoms with Crippen molar-refractivity contribution in [1.29, 1.82) is 0 Å². The van der Waals surface area contributed by atoms with Crippen LogP contribution in [0.4, 0.5) is 5.69 Å². The van der Waals surface area contributed by atoms with Crippen LogP contribution in [0.25, 0.3) is 33.4 Å². The average Bonchev–Trinajstić information content (AvgIpc) is 3.09. The molecule has 0 aliphatic carbocycles. The van der Waals surface area contributed by atoms with Gasteiger partial charge in [0, 0.05) is 67.8 Å². The van der Waals surface area contributed by atoms with Crippen molar-refractivity contribution < 1.29 is 0 Å². The molecule has 0 saturated carbocycles. The monoisotopic (exact) mass is 437 g/mol. The Morgan fingerprint density at radius 1 is 0.900 bits per heavy atom. The van der Waals surface area contributed by atoms with E-state index >= 15 is 0 Å². The molecule has 1 aliphatic heterocycles. The first kappa shape index (κ1) is 19.4. The third-order valence-corrected chi connectivity index (χ3v) is 6.20. The Hall–Kier alpha value is -2.60. The Morgan fingerprint density at radius 3 is 2.33 bits per heavy atom. The molecule has 5 rings (SSSR count). The van der Waals surface area contributed by atoms with Crippen LogP contribution in [-0.2, 0) is 7.05 Å². The maximum atomic E-state index is 6.63. The van der Waals surface area contributed by atoms with Gasteiger partial charge in [-0.15, -0.1) is 0 Å². The van der Waals surface area contributed by atoms with E-state index in [1.54, 1.807) is 18.5 Å². The summed E-state index contributed by atoms with van der Waals surface area (Å²) in [4.78, 5) is 11.3. The van der Waals surface area contributed by atoms with Crippen molar-refractivity contribution in [2.75, 3.05) is 31.1 Å². The van der Waals surface area contributed by atoms with Crippen LogP contribution in [0.3, 0.4) is 0 Å². The number of aromatic nitrogens is 3. The minimum absolute atomic E-state index is 0.463. The minimum atomic E-state index is 0.463. The highest BCUT2D eigenvalue weighted by atomic mass is 35.5. The molecule has 0 radical (unpaired) electrons. The summed E-state index contributed by atoms with van der Waals surface area (Å²) in [6.07, 6.45) is 3.53. The van der Waals surface area contributed by atoms with Crippen molar-refractivity contribution in [1.82, 2.24) is 19.9 Å². The number of aryl methyl sites for hydroxylation is 1. The molecule has 0 atom stereocenters.